The van der Waals surface area contributed by atoms with Crippen LogP contribution in [0.4, 0.5) is 5.69 Å². The van der Waals surface area contributed by atoms with Gasteiger partial charge in [-0.05, 0) is 34.5 Å². The average Bonchev–Trinajstić information content (AvgIpc) is 2.56. The lowest BCUT2D eigenvalue weighted by Crippen LogP contribution is -2.19. The van der Waals surface area contributed by atoms with Crippen LogP contribution < -0.4 is 11.1 Å². The van der Waals surface area contributed by atoms with Crippen molar-refractivity contribution in [1.82, 2.24) is 0 Å². The first-order chi connectivity index (χ1) is 8.13. The van der Waals surface area contributed by atoms with Gasteiger partial charge in [0.2, 0.25) is 5.91 Å². The second-order valence-electron chi connectivity index (χ2n) is 3.76. The molecule has 1 aromatic carbocycles. The van der Waals surface area contributed by atoms with Gasteiger partial charge in [0.25, 0.3) is 0 Å². The van der Waals surface area contributed by atoms with E-state index in [0.29, 0.717) is 0 Å². The number of nitrogens with two attached hydrogens (primary N) is 1. The molecule has 0 spiro atoms. The Balaban J connectivity index is 2.21. The second-order valence-corrected chi connectivity index (χ2v) is 5.75. The van der Waals surface area contributed by atoms with Crippen molar-refractivity contribution in [2.24, 2.45) is 5.73 Å². The van der Waals surface area contributed by atoms with E-state index in [4.69, 9.17) is 10.8 Å². The maximum absolute atomic E-state index is 11.4. The predicted molar refractivity (Wildman–Crippen MR) is 72.1 cm³/mol. The lowest BCUT2D eigenvalue weighted by atomic mass is 10.1. The number of carbonyl (C=O) groups is 1. The minimum absolute atomic E-state index is 0.163. The zero-order chi connectivity index (χ0) is 12.4. The van der Waals surface area contributed by atoms with Crippen molar-refractivity contribution < 1.29 is 9.90 Å². The van der Waals surface area contributed by atoms with Crippen molar-refractivity contribution in [1.29, 1.82) is 0 Å². The number of nitrogens with one attached hydrogen (secondary N) is 1. The fourth-order valence-corrected chi connectivity index (χ4v) is 3.24. The number of hydrogen-bond acceptors (Lipinski definition) is 4. The fraction of sp³-hybridized carbons (Fsp3) is 0.364. The molecule has 4 nitrogen and oxygen atoms in total. The molecule has 1 aliphatic rings. The molecule has 1 aliphatic heterocycles. The normalized spacial score (nSPS) is 18.1. The lowest BCUT2D eigenvalue weighted by Gasteiger charge is -2.08. The molecule has 0 aromatic heterocycles. The first-order valence-electron chi connectivity index (χ1n) is 5.27. The highest BCUT2D eigenvalue weighted by Gasteiger charge is 2.28. The molecule has 1 aromatic rings. The van der Waals surface area contributed by atoms with E-state index >= 15 is 0 Å². The first-order valence-corrected chi connectivity index (χ1v) is 7.05. The zero-order valence-electron chi connectivity index (χ0n) is 9.07. The van der Waals surface area contributed by atoms with Gasteiger partial charge in [0, 0.05) is 33.0 Å². The maximum atomic E-state index is 11.4. The van der Waals surface area contributed by atoms with Gasteiger partial charge in [-0.1, -0.05) is 0 Å². The van der Waals surface area contributed by atoms with E-state index in [0.717, 1.165) is 32.8 Å². The second kappa shape index (κ2) is 5.39. The summed E-state index contributed by atoms with van der Waals surface area (Å²) in [4.78, 5) is 12.5. The Bertz CT molecular complexity index is 453. The molecular weight excluding hydrogens is 304 g/mol. The number of hydrogen-bond donors (Lipinski definition) is 3. The number of benzene rings is 1. The number of fused-ring (bicyclic) bond motifs is 1. The molecule has 0 saturated carbocycles. The summed E-state index contributed by atoms with van der Waals surface area (Å²) >= 11 is 5.11. The van der Waals surface area contributed by atoms with Crippen LogP contribution in [0.1, 0.15) is 18.0 Å². The summed E-state index contributed by atoms with van der Waals surface area (Å²) in [7, 11) is 0. The average molecular weight is 317 g/mol. The summed E-state index contributed by atoms with van der Waals surface area (Å²) in [6.07, 6.45) is 0.750. The van der Waals surface area contributed by atoms with Crippen molar-refractivity contribution >= 4 is 39.3 Å². The van der Waals surface area contributed by atoms with Crippen molar-refractivity contribution in [3.05, 3.63) is 22.2 Å². The van der Waals surface area contributed by atoms with Gasteiger partial charge >= 0.3 is 0 Å². The smallest absolute Gasteiger partial charge is 0.245 e. The summed E-state index contributed by atoms with van der Waals surface area (Å²) in [6.45, 7) is 0.192. The van der Waals surface area contributed by atoms with E-state index < -0.39 is 6.04 Å². The zero-order valence-corrected chi connectivity index (χ0v) is 11.5. The van der Waals surface area contributed by atoms with Crippen LogP contribution in [0.2, 0.25) is 0 Å². The maximum Gasteiger partial charge on any atom is 0.245 e. The van der Waals surface area contributed by atoms with Crippen LogP contribution in [-0.4, -0.2) is 23.4 Å². The van der Waals surface area contributed by atoms with Gasteiger partial charge in [-0.15, -0.1) is 11.8 Å². The molecule has 1 unspecified atom stereocenters. The molecule has 0 saturated heterocycles. The molecule has 6 heteroatoms. The van der Waals surface area contributed by atoms with Crippen LogP contribution in [0.5, 0.6) is 0 Å². The molecule has 4 N–H and O–H groups in total. The van der Waals surface area contributed by atoms with Gasteiger partial charge in [0.05, 0.1) is 0 Å². The van der Waals surface area contributed by atoms with Crippen molar-refractivity contribution in [2.45, 2.75) is 17.4 Å². The SMILES string of the molecule is NC1C(=O)Nc2cc(SCCCO)c(Br)cc21. The van der Waals surface area contributed by atoms with Gasteiger partial charge in [-0.3, -0.25) is 4.79 Å². The van der Waals surface area contributed by atoms with Gasteiger partial charge in [-0.2, -0.15) is 0 Å². The van der Waals surface area contributed by atoms with E-state index in [1.165, 1.54) is 0 Å². The van der Waals surface area contributed by atoms with Crippen LogP contribution in [0, 0.1) is 0 Å². The molecule has 2 rings (SSSR count). The largest absolute Gasteiger partial charge is 0.396 e. The third-order valence-electron chi connectivity index (χ3n) is 2.54. The number of aliphatic hydroxyl groups is 1. The van der Waals surface area contributed by atoms with E-state index in [1.54, 1.807) is 11.8 Å². The van der Waals surface area contributed by atoms with Crippen molar-refractivity contribution in [3.63, 3.8) is 0 Å². The highest BCUT2D eigenvalue weighted by atomic mass is 79.9. The van der Waals surface area contributed by atoms with Crippen LogP contribution in [-0.2, 0) is 4.79 Å². The topological polar surface area (TPSA) is 75.4 Å². The van der Waals surface area contributed by atoms with Crippen LogP contribution in [0.15, 0.2) is 21.5 Å². The fourth-order valence-electron chi connectivity index (χ4n) is 1.64. The quantitative estimate of drug-likeness (QED) is 0.585. The van der Waals surface area contributed by atoms with E-state index in [9.17, 15) is 4.79 Å². The Morgan fingerprint density at radius 1 is 1.53 bits per heavy atom. The number of amides is 1. The molecule has 1 heterocycles. The predicted octanol–water partition coefficient (Wildman–Crippen LogP) is 1.88. The summed E-state index contributed by atoms with van der Waals surface area (Å²) in [5.41, 5.74) is 7.37. The number of carbonyl (C=O) groups excluding carboxylic acids is 1. The van der Waals surface area contributed by atoms with E-state index in [2.05, 4.69) is 21.2 Å². The molecule has 0 fully saturated rings. The van der Waals surface area contributed by atoms with E-state index in [-0.39, 0.29) is 12.5 Å². The molecule has 0 aliphatic carbocycles. The molecular formula is C11H13BrN2O2S. The highest BCUT2D eigenvalue weighted by molar-refractivity contribution is 9.10. The Morgan fingerprint density at radius 2 is 2.29 bits per heavy atom. The van der Waals surface area contributed by atoms with E-state index in [1.807, 2.05) is 12.1 Å². The number of halogens is 1. The number of thioether (sulfide) groups is 1. The first kappa shape index (κ1) is 12.9. The monoisotopic (exact) mass is 316 g/mol. The van der Waals surface area contributed by atoms with Crippen LogP contribution >= 0.6 is 27.7 Å². The van der Waals surface area contributed by atoms with Gasteiger partial charge < -0.3 is 16.2 Å². The minimum Gasteiger partial charge on any atom is -0.396 e. The van der Waals surface area contributed by atoms with Gasteiger partial charge in [-0.25, -0.2) is 0 Å². The van der Waals surface area contributed by atoms with Gasteiger partial charge in [0.15, 0.2) is 0 Å². The number of anilines is 1. The Labute approximate surface area is 112 Å². The Hall–Kier alpha value is -0.560. The molecule has 92 valence electrons. The lowest BCUT2D eigenvalue weighted by molar-refractivity contribution is -0.116. The number of rotatable bonds is 4. The Morgan fingerprint density at radius 3 is 3.00 bits per heavy atom. The summed E-state index contributed by atoms with van der Waals surface area (Å²) in [5, 5.41) is 11.5. The van der Waals surface area contributed by atoms with Gasteiger partial charge in [0.1, 0.15) is 6.04 Å². The summed E-state index contributed by atoms with van der Waals surface area (Å²) in [6, 6.07) is 3.24. The molecule has 17 heavy (non-hydrogen) atoms. The van der Waals surface area contributed by atoms with Crippen molar-refractivity contribution in [2.75, 3.05) is 17.7 Å². The van der Waals surface area contributed by atoms with Crippen LogP contribution in [0.25, 0.3) is 0 Å². The standard InChI is InChI=1S/C11H13BrN2O2S/c12-7-4-6-8(14-11(16)10(6)13)5-9(7)17-3-1-2-15/h4-5,10,15H,1-3,13H2,(H,14,16). The highest BCUT2D eigenvalue weighted by Crippen LogP contribution is 2.38. The summed E-state index contributed by atoms with van der Waals surface area (Å²) < 4.78 is 0.936. The van der Waals surface area contributed by atoms with Crippen LogP contribution in [0.3, 0.4) is 0 Å². The third-order valence-corrected chi connectivity index (χ3v) is 4.60. The van der Waals surface area contributed by atoms with Crippen molar-refractivity contribution in [3.8, 4) is 0 Å². The molecule has 0 radical (unpaired) electrons. The Kier molecular flexibility index (Phi) is 4.09. The minimum atomic E-state index is -0.571. The molecule has 1 amide bonds. The molecule has 0 bridgehead atoms. The number of aliphatic hydroxyl groups excluding tert-OH is 1. The summed E-state index contributed by atoms with van der Waals surface area (Å²) in [5.74, 6) is 0.679. The third kappa shape index (κ3) is 2.65. The molecule has 1 atom stereocenters.